The molecule has 1 aliphatic heterocycles. The highest BCUT2D eigenvalue weighted by Crippen LogP contribution is 2.29. The van der Waals surface area contributed by atoms with E-state index >= 15 is 0 Å². The Morgan fingerprint density at radius 2 is 2.21 bits per heavy atom. The van der Waals surface area contributed by atoms with Gasteiger partial charge < -0.3 is 30.8 Å². The van der Waals surface area contributed by atoms with Crippen LogP contribution in [0, 0.1) is 18.2 Å². The second kappa shape index (κ2) is 11.9. The van der Waals surface area contributed by atoms with Crippen molar-refractivity contribution in [3.63, 3.8) is 0 Å². The number of aromatic nitrogens is 3. The minimum atomic E-state index is -0.569. The topological polar surface area (TPSA) is 138 Å². The zero-order valence-electron chi connectivity index (χ0n) is 21.3. The summed E-state index contributed by atoms with van der Waals surface area (Å²) < 4.78 is 25.9. The first kappa shape index (κ1) is 26.1. The van der Waals surface area contributed by atoms with Crippen LogP contribution in [0.2, 0.25) is 0 Å². The fourth-order valence-corrected chi connectivity index (χ4v) is 4.33. The number of amides is 1. The van der Waals surface area contributed by atoms with Gasteiger partial charge in [-0.2, -0.15) is 5.10 Å². The lowest BCUT2D eigenvalue weighted by Gasteiger charge is -2.23. The summed E-state index contributed by atoms with van der Waals surface area (Å²) in [4.78, 5) is 16.8. The molecule has 1 fully saturated rings. The summed E-state index contributed by atoms with van der Waals surface area (Å²) in [6.45, 7) is 4.35. The Morgan fingerprint density at radius 3 is 3.00 bits per heavy atom. The number of morpholine rings is 1. The van der Waals surface area contributed by atoms with E-state index in [1.807, 2.05) is 31.2 Å². The average molecular weight is 533 g/mol. The Labute approximate surface area is 224 Å². The molecular formula is C27H29FN8O3. The Kier molecular flexibility index (Phi) is 7.94. The third-order valence-electron chi connectivity index (χ3n) is 6.32. The highest BCUT2D eigenvalue weighted by Gasteiger charge is 2.18. The molecule has 5 N–H and O–H groups in total. The summed E-state index contributed by atoms with van der Waals surface area (Å²) in [5, 5.41) is 24.7. The van der Waals surface area contributed by atoms with Gasteiger partial charge in [-0.05, 0) is 42.8 Å². The molecule has 39 heavy (non-hydrogen) atoms. The molecule has 2 aromatic heterocycles. The van der Waals surface area contributed by atoms with Crippen molar-refractivity contribution in [2.24, 2.45) is 0 Å². The predicted octanol–water partition coefficient (Wildman–Crippen LogP) is 4.07. The van der Waals surface area contributed by atoms with Gasteiger partial charge in [0.05, 0.1) is 31.1 Å². The molecule has 12 heteroatoms. The highest BCUT2D eigenvalue weighted by atomic mass is 19.1. The third kappa shape index (κ3) is 6.30. The van der Waals surface area contributed by atoms with Crippen LogP contribution >= 0.6 is 0 Å². The van der Waals surface area contributed by atoms with E-state index in [2.05, 4.69) is 31.3 Å². The first-order valence-corrected chi connectivity index (χ1v) is 12.5. The highest BCUT2D eigenvalue weighted by molar-refractivity contribution is 5.91. The van der Waals surface area contributed by atoms with Crippen LogP contribution in [0.4, 0.5) is 32.1 Å². The molecule has 202 valence electrons. The van der Waals surface area contributed by atoms with Gasteiger partial charge in [0.2, 0.25) is 0 Å². The lowest BCUT2D eigenvalue weighted by Crippen LogP contribution is -2.44. The van der Waals surface area contributed by atoms with Gasteiger partial charge in [-0.15, -0.1) is 0 Å². The molecule has 1 saturated heterocycles. The van der Waals surface area contributed by atoms with Crippen molar-refractivity contribution < 1.29 is 18.7 Å². The molecule has 5 rings (SSSR count). The quantitative estimate of drug-likeness (QED) is 0.204. The second-order valence-electron chi connectivity index (χ2n) is 9.07. The number of rotatable bonds is 9. The number of aryl methyl sites for hydroxylation is 1. The van der Waals surface area contributed by atoms with Gasteiger partial charge in [0.1, 0.15) is 24.3 Å². The Bertz CT molecular complexity index is 1490. The third-order valence-corrected chi connectivity index (χ3v) is 6.32. The van der Waals surface area contributed by atoms with E-state index in [9.17, 15) is 9.18 Å². The molecule has 0 spiro atoms. The maximum absolute atomic E-state index is 13.5. The lowest BCUT2D eigenvalue weighted by molar-refractivity contribution is 0.0494. The van der Waals surface area contributed by atoms with Gasteiger partial charge in [-0.1, -0.05) is 12.1 Å². The van der Waals surface area contributed by atoms with Crippen LogP contribution in [0.5, 0.6) is 0 Å². The van der Waals surface area contributed by atoms with Crippen molar-refractivity contribution in [2.45, 2.75) is 19.5 Å². The van der Waals surface area contributed by atoms with E-state index in [-0.39, 0.29) is 18.5 Å². The number of hydrogen-bond acceptors (Lipinski definition) is 9. The van der Waals surface area contributed by atoms with E-state index in [4.69, 9.17) is 14.9 Å². The molecule has 11 nitrogen and oxygen atoms in total. The maximum atomic E-state index is 13.5. The Morgan fingerprint density at radius 1 is 1.31 bits per heavy atom. The number of fused-ring (bicyclic) bond motifs is 1. The molecule has 0 saturated carbocycles. The Balaban J connectivity index is 1.28. The van der Waals surface area contributed by atoms with Crippen molar-refractivity contribution in [2.75, 3.05) is 42.3 Å². The number of carbonyl (C=O) groups is 1. The number of anilines is 4. The van der Waals surface area contributed by atoms with E-state index in [1.54, 1.807) is 16.8 Å². The molecule has 1 atom stereocenters. The van der Waals surface area contributed by atoms with Crippen molar-refractivity contribution in [1.82, 2.24) is 19.9 Å². The molecule has 0 bridgehead atoms. The first-order chi connectivity index (χ1) is 19.0. The standard InChI is InChI=1S/C27H29FN8O3/c1-17-24(35-27(37)39-15-22-14-38-8-7-30-22)13-36-25(17)26(32-16-33-36)34-21-5-6-23(19(10-21)11-29)31-12-18-3-2-4-20(28)9-18/h2-6,9-11,13,16,22,29-31H,7-8,12,14-15H2,1H3,(H,35,37)(H,32,33,34). The van der Waals surface area contributed by atoms with Gasteiger partial charge in [-0.25, -0.2) is 18.7 Å². The van der Waals surface area contributed by atoms with Gasteiger partial charge in [0.15, 0.2) is 5.82 Å². The fraction of sp³-hybridized carbons (Fsp3) is 0.259. The number of carbonyl (C=O) groups excluding carboxylic acids is 1. The lowest BCUT2D eigenvalue weighted by atomic mass is 10.1. The molecule has 0 radical (unpaired) electrons. The fourth-order valence-electron chi connectivity index (χ4n) is 4.33. The number of nitrogens with one attached hydrogen (secondary N) is 5. The Hall–Kier alpha value is -4.55. The first-order valence-electron chi connectivity index (χ1n) is 12.5. The molecule has 0 aliphatic carbocycles. The van der Waals surface area contributed by atoms with Crippen molar-refractivity contribution in [3.8, 4) is 0 Å². The monoisotopic (exact) mass is 532 g/mol. The van der Waals surface area contributed by atoms with Crippen LogP contribution in [-0.4, -0.2) is 59.3 Å². The summed E-state index contributed by atoms with van der Waals surface area (Å²) >= 11 is 0. The largest absolute Gasteiger partial charge is 0.448 e. The summed E-state index contributed by atoms with van der Waals surface area (Å²) in [5.74, 6) is 0.240. The summed E-state index contributed by atoms with van der Waals surface area (Å²) in [6.07, 6.45) is 3.79. The summed E-state index contributed by atoms with van der Waals surface area (Å²) in [6, 6.07) is 11.9. The number of nitrogens with zero attached hydrogens (tertiary/aromatic N) is 3. The van der Waals surface area contributed by atoms with Gasteiger partial charge in [-0.3, -0.25) is 5.32 Å². The molecule has 1 aliphatic rings. The van der Waals surface area contributed by atoms with Crippen LogP contribution in [0.15, 0.2) is 55.0 Å². The smallest absolute Gasteiger partial charge is 0.411 e. The van der Waals surface area contributed by atoms with E-state index in [0.29, 0.717) is 48.0 Å². The number of ether oxygens (including phenoxy) is 2. The summed E-state index contributed by atoms with van der Waals surface area (Å²) in [5.41, 5.74) is 4.89. The molecule has 2 aromatic carbocycles. The normalized spacial score (nSPS) is 15.1. The summed E-state index contributed by atoms with van der Waals surface area (Å²) in [7, 11) is 0. The molecule has 4 aromatic rings. The van der Waals surface area contributed by atoms with Crippen molar-refractivity contribution in [1.29, 1.82) is 5.41 Å². The molecule has 1 amide bonds. The number of benzene rings is 2. The van der Waals surface area contributed by atoms with Crippen LogP contribution in [0.25, 0.3) is 5.52 Å². The minimum Gasteiger partial charge on any atom is -0.448 e. The van der Waals surface area contributed by atoms with Gasteiger partial charge >= 0.3 is 6.09 Å². The van der Waals surface area contributed by atoms with Crippen molar-refractivity contribution in [3.05, 3.63) is 77.5 Å². The molecule has 1 unspecified atom stereocenters. The van der Waals surface area contributed by atoms with Crippen LogP contribution in [0.3, 0.4) is 0 Å². The zero-order chi connectivity index (χ0) is 27.2. The maximum Gasteiger partial charge on any atom is 0.411 e. The van der Waals surface area contributed by atoms with E-state index in [0.717, 1.165) is 23.4 Å². The zero-order valence-corrected chi connectivity index (χ0v) is 21.3. The van der Waals surface area contributed by atoms with Crippen molar-refractivity contribution >= 4 is 40.7 Å². The minimum absolute atomic E-state index is 0.0332. The average Bonchev–Trinajstić information content (AvgIpc) is 3.27. The van der Waals surface area contributed by atoms with E-state index in [1.165, 1.54) is 24.7 Å². The number of hydrogen-bond donors (Lipinski definition) is 5. The molecule has 3 heterocycles. The van der Waals surface area contributed by atoms with Crippen LogP contribution < -0.4 is 21.3 Å². The van der Waals surface area contributed by atoms with Crippen LogP contribution in [0.1, 0.15) is 16.7 Å². The predicted molar refractivity (Wildman–Crippen MR) is 147 cm³/mol. The molecular weight excluding hydrogens is 503 g/mol. The second-order valence-corrected chi connectivity index (χ2v) is 9.07. The van der Waals surface area contributed by atoms with Gasteiger partial charge in [0.25, 0.3) is 0 Å². The van der Waals surface area contributed by atoms with Gasteiger partial charge in [0, 0.05) is 41.8 Å². The van der Waals surface area contributed by atoms with E-state index < -0.39 is 6.09 Å². The number of halogens is 1. The SMILES string of the molecule is Cc1c(NC(=O)OCC2COCCN2)cn2ncnc(Nc3ccc(NCc4cccc(F)c4)c(C=N)c3)c12. The van der Waals surface area contributed by atoms with Crippen LogP contribution in [-0.2, 0) is 16.0 Å².